The molecular formula is C13H24Cl2N4O2. The van der Waals surface area contributed by atoms with Crippen molar-refractivity contribution in [2.45, 2.75) is 26.4 Å². The third kappa shape index (κ3) is 6.22. The van der Waals surface area contributed by atoms with Gasteiger partial charge in [-0.15, -0.1) is 24.8 Å². The molecule has 0 aliphatic carbocycles. The number of hydrogen-bond acceptors (Lipinski definition) is 4. The van der Waals surface area contributed by atoms with E-state index in [4.69, 9.17) is 4.74 Å². The summed E-state index contributed by atoms with van der Waals surface area (Å²) in [6.45, 7) is 7.50. The summed E-state index contributed by atoms with van der Waals surface area (Å²) in [7, 11) is 0. The minimum absolute atomic E-state index is 0. The summed E-state index contributed by atoms with van der Waals surface area (Å²) in [4.78, 5) is 16.1. The highest BCUT2D eigenvalue weighted by Crippen LogP contribution is 2.03. The number of ether oxygens (including phenoxy) is 1. The number of halogens is 2. The van der Waals surface area contributed by atoms with E-state index in [1.54, 1.807) is 6.20 Å². The SMILES string of the molecule is Cc1nccn1CC(C)CNC(=O)C1COCCN1.Cl.Cl. The van der Waals surface area contributed by atoms with E-state index in [1.807, 2.05) is 13.1 Å². The Bertz CT molecular complexity index is 422. The van der Waals surface area contributed by atoms with Gasteiger partial charge in [-0.1, -0.05) is 6.92 Å². The van der Waals surface area contributed by atoms with Gasteiger partial charge in [-0.3, -0.25) is 4.79 Å². The van der Waals surface area contributed by atoms with Crippen LogP contribution in [0.15, 0.2) is 12.4 Å². The fraction of sp³-hybridized carbons (Fsp3) is 0.692. The molecule has 1 fully saturated rings. The molecule has 8 heteroatoms. The Morgan fingerprint density at radius 2 is 2.38 bits per heavy atom. The van der Waals surface area contributed by atoms with Gasteiger partial charge in [0.2, 0.25) is 5.91 Å². The number of nitrogens with zero attached hydrogens (tertiary/aromatic N) is 2. The number of rotatable bonds is 5. The Kier molecular flexibility index (Phi) is 9.61. The number of hydrogen-bond donors (Lipinski definition) is 2. The number of carbonyl (C=O) groups is 1. The Balaban J connectivity index is 0.00000200. The number of aromatic nitrogens is 2. The standard InChI is InChI=1S/C13H22N4O2.2ClH/c1-10(8-17-5-3-14-11(17)2)7-16-13(18)12-9-19-6-4-15-12;;/h3,5,10,12,15H,4,6-9H2,1-2H3,(H,16,18);2*1H. The second kappa shape index (κ2) is 10.00. The third-order valence-electron chi connectivity index (χ3n) is 3.29. The van der Waals surface area contributed by atoms with Crippen LogP contribution in [0.2, 0.25) is 0 Å². The normalized spacial score (nSPS) is 19.0. The monoisotopic (exact) mass is 338 g/mol. The number of carbonyl (C=O) groups excluding carboxylic acids is 1. The van der Waals surface area contributed by atoms with Crippen LogP contribution in [0.3, 0.4) is 0 Å². The van der Waals surface area contributed by atoms with Crippen LogP contribution in [-0.2, 0) is 16.1 Å². The van der Waals surface area contributed by atoms with Crippen LogP contribution in [0.5, 0.6) is 0 Å². The van der Waals surface area contributed by atoms with Gasteiger partial charge in [0, 0.05) is 32.0 Å². The van der Waals surface area contributed by atoms with Crippen LogP contribution in [-0.4, -0.2) is 47.8 Å². The Morgan fingerprint density at radius 3 is 2.95 bits per heavy atom. The van der Waals surface area contributed by atoms with Crippen molar-refractivity contribution < 1.29 is 9.53 Å². The van der Waals surface area contributed by atoms with E-state index in [1.165, 1.54) is 0 Å². The van der Waals surface area contributed by atoms with Crippen molar-refractivity contribution in [2.75, 3.05) is 26.3 Å². The molecular weight excluding hydrogens is 315 g/mol. The molecule has 1 saturated heterocycles. The van der Waals surface area contributed by atoms with Crippen molar-refractivity contribution in [2.24, 2.45) is 5.92 Å². The van der Waals surface area contributed by atoms with Crippen molar-refractivity contribution >= 4 is 30.7 Å². The smallest absolute Gasteiger partial charge is 0.239 e. The zero-order chi connectivity index (χ0) is 13.7. The zero-order valence-electron chi connectivity index (χ0n) is 12.4. The highest BCUT2D eigenvalue weighted by atomic mass is 35.5. The lowest BCUT2D eigenvalue weighted by Crippen LogP contribution is -2.51. The molecule has 2 N–H and O–H groups in total. The fourth-order valence-electron chi connectivity index (χ4n) is 2.13. The molecule has 2 unspecified atom stereocenters. The lowest BCUT2D eigenvalue weighted by Gasteiger charge is -2.23. The maximum absolute atomic E-state index is 11.9. The second-order valence-corrected chi connectivity index (χ2v) is 5.06. The van der Waals surface area contributed by atoms with Gasteiger partial charge in [-0.25, -0.2) is 4.98 Å². The number of morpholine rings is 1. The third-order valence-corrected chi connectivity index (χ3v) is 3.29. The first kappa shape index (κ1) is 20.2. The van der Waals surface area contributed by atoms with E-state index < -0.39 is 0 Å². The Hall–Kier alpha value is -0.820. The maximum atomic E-state index is 11.9. The van der Waals surface area contributed by atoms with Crippen LogP contribution in [0.4, 0.5) is 0 Å². The van der Waals surface area contributed by atoms with Gasteiger partial charge >= 0.3 is 0 Å². The van der Waals surface area contributed by atoms with Gasteiger partial charge in [-0.2, -0.15) is 0 Å². The molecule has 122 valence electrons. The maximum Gasteiger partial charge on any atom is 0.239 e. The van der Waals surface area contributed by atoms with Crippen LogP contribution < -0.4 is 10.6 Å². The molecule has 1 aliphatic heterocycles. The molecule has 0 radical (unpaired) electrons. The quantitative estimate of drug-likeness (QED) is 0.832. The summed E-state index contributed by atoms with van der Waals surface area (Å²) < 4.78 is 7.37. The van der Waals surface area contributed by atoms with Crippen LogP contribution in [0, 0.1) is 12.8 Å². The molecule has 0 bridgehead atoms. The van der Waals surface area contributed by atoms with Gasteiger partial charge in [0.15, 0.2) is 0 Å². The molecule has 1 aliphatic rings. The first-order chi connectivity index (χ1) is 9.16. The van der Waals surface area contributed by atoms with Crippen LogP contribution in [0.25, 0.3) is 0 Å². The molecule has 1 aromatic rings. The van der Waals surface area contributed by atoms with Crippen molar-refractivity contribution in [3.8, 4) is 0 Å². The summed E-state index contributed by atoms with van der Waals surface area (Å²) in [6.07, 6.45) is 3.76. The largest absolute Gasteiger partial charge is 0.378 e. The number of nitrogens with one attached hydrogen (secondary N) is 2. The zero-order valence-corrected chi connectivity index (χ0v) is 14.0. The molecule has 1 aromatic heterocycles. The summed E-state index contributed by atoms with van der Waals surface area (Å²) in [6, 6.07) is -0.212. The summed E-state index contributed by atoms with van der Waals surface area (Å²) >= 11 is 0. The van der Waals surface area contributed by atoms with Gasteiger partial charge in [0.05, 0.1) is 13.2 Å². The van der Waals surface area contributed by atoms with Gasteiger partial charge in [-0.05, 0) is 12.8 Å². The lowest BCUT2D eigenvalue weighted by molar-refractivity contribution is -0.126. The first-order valence-electron chi connectivity index (χ1n) is 6.73. The average molecular weight is 339 g/mol. The fourth-order valence-corrected chi connectivity index (χ4v) is 2.13. The van der Waals surface area contributed by atoms with E-state index in [2.05, 4.69) is 27.1 Å². The van der Waals surface area contributed by atoms with E-state index in [-0.39, 0.29) is 36.8 Å². The predicted octanol–water partition coefficient (Wildman–Crippen LogP) is 0.776. The lowest BCUT2D eigenvalue weighted by atomic mass is 10.1. The van der Waals surface area contributed by atoms with E-state index in [9.17, 15) is 4.79 Å². The highest BCUT2D eigenvalue weighted by molar-refractivity contribution is 5.85. The molecule has 1 amide bonds. The summed E-state index contributed by atoms with van der Waals surface area (Å²) in [5, 5.41) is 6.11. The van der Waals surface area contributed by atoms with E-state index in [0.717, 1.165) is 18.9 Å². The van der Waals surface area contributed by atoms with Crippen LogP contribution >= 0.6 is 24.8 Å². The topological polar surface area (TPSA) is 68.2 Å². The Morgan fingerprint density at radius 1 is 1.62 bits per heavy atom. The highest BCUT2D eigenvalue weighted by Gasteiger charge is 2.21. The Labute approximate surface area is 137 Å². The van der Waals surface area contributed by atoms with Gasteiger partial charge in [0.1, 0.15) is 11.9 Å². The number of amides is 1. The molecule has 0 spiro atoms. The molecule has 2 atom stereocenters. The summed E-state index contributed by atoms with van der Waals surface area (Å²) in [5.74, 6) is 1.38. The second-order valence-electron chi connectivity index (χ2n) is 5.06. The van der Waals surface area contributed by atoms with Crippen molar-refractivity contribution in [1.82, 2.24) is 20.2 Å². The number of aryl methyl sites for hydroxylation is 1. The first-order valence-corrected chi connectivity index (χ1v) is 6.73. The molecule has 2 rings (SSSR count). The van der Waals surface area contributed by atoms with E-state index in [0.29, 0.717) is 25.7 Å². The van der Waals surface area contributed by atoms with Crippen molar-refractivity contribution in [3.05, 3.63) is 18.2 Å². The van der Waals surface area contributed by atoms with Crippen molar-refractivity contribution in [1.29, 1.82) is 0 Å². The molecule has 0 aromatic carbocycles. The predicted molar refractivity (Wildman–Crippen MR) is 86.2 cm³/mol. The minimum atomic E-state index is -0.212. The van der Waals surface area contributed by atoms with Gasteiger partial charge < -0.3 is 19.9 Å². The molecule has 2 heterocycles. The number of imidazole rings is 1. The van der Waals surface area contributed by atoms with Crippen molar-refractivity contribution in [3.63, 3.8) is 0 Å². The summed E-state index contributed by atoms with van der Waals surface area (Å²) in [5.41, 5.74) is 0. The molecule has 6 nitrogen and oxygen atoms in total. The molecule has 21 heavy (non-hydrogen) atoms. The average Bonchev–Trinajstić information content (AvgIpc) is 2.82. The minimum Gasteiger partial charge on any atom is -0.378 e. The molecule has 0 saturated carbocycles. The van der Waals surface area contributed by atoms with Crippen LogP contribution in [0.1, 0.15) is 12.7 Å². The van der Waals surface area contributed by atoms with E-state index >= 15 is 0 Å². The van der Waals surface area contributed by atoms with Gasteiger partial charge in [0.25, 0.3) is 0 Å².